The van der Waals surface area contributed by atoms with E-state index in [0.29, 0.717) is 0 Å². The number of hydrogen-bond acceptors (Lipinski definition) is 6. The van der Waals surface area contributed by atoms with E-state index in [-0.39, 0.29) is 6.61 Å². The van der Waals surface area contributed by atoms with Crippen LogP contribution in [0, 0.1) is 0 Å². The molecule has 98 valence electrons. The molecule has 17 heavy (non-hydrogen) atoms. The Morgan fingerprint density at radius 3 is 2.82 bits per heavy atom. The molecule has 0 fully saturated rings. The molecule has 0 aromatic carbocycles. The van der Waals surface area contributed by atoms with Crippen LogP contribution in [-0.4, -0.2) is 46.4 Å². The lowest BCUT2D eigenvalue weighted by molar-refractivity contribution is 0.225. The van der Waals surface area contributed by atoms with Crippen molar-refractivity contribution in [2.75, 3.05) is 31.6 Å². The summed E-state index contributed by atoms with van der Waals surface area (Å²) in [6, 6.07) is 0. The minimum Gasteiger partial charge on any atom is -0.396 e. The van der Waals surface area contributed by atoms with Gasteiger partial charge in [0.1, 0.15) is 5.01 Å². The first-order valence-electron chi connectivity index (χ1n) is 6.19. The van der Waals surface area contributed by atoms with Crippen LogP contribution in [0.15, 0.2) is 0 Å². The molecule has 0 spiro atoms. The number of nitrogens with zero attached hydrogens (tertiary/aromatic N) is 3. The van der Waals surface area contributed by atoms with Crippen molar-refractivity contribution in [3.05, 3.63) is 5.01 Å². The van der Waals surface area contributed by atoms with E-state index < -0.39 is 0 Å². The molecule has 5 nitrogen and oxygen atoms in total. The van der Waals surface area contributed by atoms with E-state index in [2.05, 4.69) is 34.3 Å². The van der Waals surface area contributed by atoms with Crippen LogP contribution in [0.25, 0.3) is 0 Å². The van der Waals surface area contributed by atoms with Crippen LogP contribution in [-0.2, 0) is 6.54 Å². The first-order chi connectivity index (χ1) is 8.30. The maximum absolute atomic E-state index is 8.82. The van der Waals surface area contributed by atoms with Gasteiger partial charge in [0.05, 0.1) is 6.54 Å². The van der Waals surface area contributed by atoms with Crippen molar-refractivity contribution in [2.45, 2.75) is 33.2 Å². The highest BCUT2D eigenvalue weighted by atomic mass is 32.1. The molecule has 6 heteroatoms. The van der Waals surface area contributed by atoms with E-state index in [9.17, 15) is 0 Å². The third kappa shape index (κ3) is 5.43. The summed E-state index contributed by atoms with van der Waals surface area (Å²) in [4.78, 5) is 2.26. The maximum Gasteiger partial charge on any atom is 0.205 e. The number of aliphatic hydroxyl groups excluding tert-OH is 1. The van der Waals surface area contributed by atoms with Crippen LogP contribution >= 0.6 is 11.3 Å². The molecule has 1 heterocycles. The second-order valence-corrected chi connectivity index (χ2v) is 4.94. The summed E-state index contributed by atoms with van der Waals surface area (Å²) >= 11 is 1.61. The molecule has 0 aliphatic carbocycles. The number of hydrogen-bond donors (Lipinski definition) is 2. The second kappa shape index (κ2) is 8.38. The van der Waals surface area contributed by atoms with Crippen molar-refractivity contribution in [3.8, 4) is 0 Å². The molecule has 1 rings (SSSR count). The van der Waals surface area contributed by atoms with Gasteiger partial charge < -0.3 is 10.4 Å². The summed E-state index contributed by atoms with van der Waals surface area (Å²) in [6.07, 6.45) is 1.90. The summed E-state index contributed by atoms with van der Waals surface area (Å²) in [5.74, 6) is 0. The van der Waals surface area contributed by atoms with Gasteiger partial charge in [-0.05, 0) is 19.4 Å². The van der Waals surface area contributed by atoms with Crippen LogP contribution < -0.4 is 5.32 Å². The van der Waals surface area contributed by atoms with Gasteiger partial charge in [0.15, 0.2) is 0 Å². The van der Waals surface area contributed by atoms with Crippen molar-refractivity contribution in [2.24, 2.45) is 0 Å². The molecule has 0 saturated heterocycles. The predicted molar refractivity (Wildman–Crippen MR) is 71.3 cm³/mol. The largest absolute Gasteiger partial charge is 0.396 e. The highest BCUT2D eigenvalue weighted by Crippen LogP contribution is 2.16. The molecule has 2 N–H and O–H groups in total. The van der Waals surface area contributed by atoms with Gasteiger partial charge in [-0.15, -0.1) is 10.2 Å². The monoisotopic (exact) mass is 258 g/mol. The molecular formula is C11H22N4OS. The lowest BCUT2D eigenvalue weighted by Crippen LogP contribution is -2.24. The van der Waals surface area contributed by atoms with Gasteiger partial charge in [-0.2, -0.15) is 0 Å². The van der Waals surface area contributed by atoms with Crippen LogP contribution in [0.1, 0.15) is 31.7 Å². The van der Waals surface area contributed by atoms with Crippen molar-refractivity contribution in [3.63, 3.8) is 0 Å². The Labute approximate surface area is 107 Å². The fourth-order valence-electron chi connectivity index (χ4n) is 1.46. The Morgan fingerprint density at radius 1 is 1.35 bits per heavy atom. The number of anilines is 1. The van der Waals surface area contributed by atoms with Gasteiger partial charge >= 0.3 is 0 Å². The SMILES string of the molecule is CCCNc1nnc(CN(CC)CCCO)s1. The highest BCUT2D eigenvalue weighted by molar-refractivity contribution is 7.15. The van der Waals surface area contributed by atoms with Crippen LogP contribution in [0.3, 0.4) is 0 Å². The smallest absolute Gasteiger partial charge is 0.205 e. The minimum absolute atomic E-state index is 0.246. The number of aliphatic hydroxyl groups is 1. The zero-order valence-corrected chi connectivity index (χ0v) is 11.5. The van der Waals surface area contributed by atoms with Crippen molar-refractivity contribution < 1.29 is 5.11 Å². The first-order valence-corrected chi connectivity index (χ1v) is 7.01. The molecular weight excluding hydrogens is 236 g/mol. The van der Waals surface area contributed by atoms with E-state index in [0.717, 1.165) is 49.2 Å². The van der Waals surface area contributed by atoms with E-state index in [1.165, 1.54) is 0 Å². The normalized spacial score (nSPS) is 11.1. The van der Waals surface area contributed by atoms with E-state index >= 15 is 0 Å². The van der Waals surface area contributed by atoms with E-state index in [4.69, 9.17) is 5.11 Å². The quantitative estimate of drug-likeness (QED) is 0.704. The summed E-state index contributed by atoms with van der Waals surface area (Å²) in [7, 11) is 0. The molecule has 0 aliphatic heterocycles. The molecule has 0 radical (unpaired) electrons. The molecule has 0 atom stereocenters. The standard InChI is InChI=1S/C11H22N4OS/c1-3-6-12-11-14-13-10(17-11)9-15(4-2)7-5-8-16/h16H,3-9H2,1-2H3,(H,12,14). The maximum atomic E-state index is 8.82. The van der Waals surface area contributed by atoms with Gasteiger partial charge in [-0.3, -0.25) is 4.90 Å². The zero-order valence-electron chi connectivity index (χ0n) is 10.6. The molecule has 1 aromatic heterocycles. The Morgan fingerprint density at radius 2 is 2.18 bits per heavy atom. The van der Waals surface area contributed by atoms with Crippen LogP contribution in [0.5, 0.6) is 0 Å². The molecule has 0 saturated carbocycles. The summed E-state index contributed by atoms with van der Waals surface area (Å²) in [6.45, 7) is 8.13. The lowest BCUT2D eigenvalue weighted by Gasteiger charge is -2.17. The van der Waals surface area contributed by atoms with E-state index in [1.54, 1.807) is 11.3 Å². The van der Waals surface area contributed by atoms with E-state index in [1.807, 2.05) is 0 Å². The van der Waals surface area contributed by atoms with Gasteiger partial charge in [0, 0.05) is 19.7 Å². The molecule has 0 amide bonds. The number of nitrogens with one attached hydrogen (secondary N) is 1. The third-order valence-electron chi connectivity index (χ3n) is 2.43. The van der Waals surface area contributed by atoms with Crippen molar-refractivity contribution >= 4 is 16.5 Å². The highest BCUT2D eigenvalue weighted by Gasteiger charge is 2.08. The average molecular weight is 258 g/mol. The van der Waals surface area contributed by atoms with Gasteiger partial charge in [-0.25, -0.2) is 0 Å². The predicted octanol–water partition coefficient (Wildman–Crippen LogP) is 1.56. The second-order valence-electron chi connectivity index (χ2n) is 3.87. The average Bonchev–Trinajstić information content (AvgIpc) is 2.79. The molecule has 0 aliphatic rings. The molecule has 0 unspecified atom stereocenters. The first kappa shape index (κ1) is 14.3. The zero-order chi connectivity index (χ0) is 12.5. The van der Waals surface area contributed by atoms with Gasteiger partial charge in [0.2, 0.25) is 5.13 Å². The van der Waals surface area contributed by atoms with Crippen molar-refractivity contribution in [1.29, 1.82) is 0 Å². The third-order valence-corrected chi connectivity index (χ3v) is 3.30. The van der Waals surface area contributed by atoms with Gasteiger partial charge in [-0.1, -0.05) is 25.2 Å². The topological polar surface area (TPSA) is 61.3 Å². The van der Waals surface area contributed by atoms with Crippen LogP contribution in [0.2, 0.25) is 0 Å². The fraction of sp³-hybridized carbons (Fsp3) is 0.818. The minimum atomic E-state index is 0.246. The Kier molecular flexibility index (Phi) is 7.07. The number of aromatic nitrogens is 2. The fourth-order valence-corrected chi connectivity index (χ4v) is 2.26. The lowest BCUT2D eigenvalue weighted by atomic mass is 10.4. The molecule has 1 aromatic rings. The summed E-state index contributed by atoms with van der Waals surface area (Å²) in [5, 5.41) is 22.3. The van der Waals surface area contributed by atoms with Crippen molar-refractivity contribution in [1.82, 2.24) is 15.1 Å². The van der Waals surface area contributed by atoms with Crippen LogP contribution in [0.4, 0.5) is 5.13 Å². The Balaban J connectivity index is 2.40. The summed E-state index contributed by atoms with van der Waals surface area (Å²) < 4.78 is 0. The molecule has 0 bridgehead atoms. The van der Waals surface area contributed by atoms with Gasteiger partial charge in [0.25, 0.3) is 0 Å². The Bertz CT molecular complexity index is 305. The number of rotatable bonds is 9. The Hall–Kier alpha value is -0.720. The summed E-state index contributed by atoms with van der Waals surface area (Å²) in [5.41, 5.74) is 0.